The van der Waals surface area contributed by atoms with Gasteiger partial charge in [0.1, 0.15) is 23.1 Å². The predicted octanol–water partition coefficient (Wildman–Crippen LogP) is 5.53. The molecular formula is C29H33F2N3O3. The van der Waals surface area contributed by atoms with Crippen molar-refractivity contribution in [2.45, 2.75) is 46.2 Å². The first-order chi connectivity index (χ1) is 17.9. The highest BCUT2D eigenvalue weighted by Gasteiger charge is 2.23. The number of ether oxygens (including phenoxy) is 2. The number of aryl methyl sites for hydroxylation is 1. The summed E-state index contributed by atoms with van der Waals surface area (Å²) in [6.07, 6.45) is 4.99. The Hall–Kier alpha value is -3.52. The van der Waals surface area contributed by atoms with E-state index in [9.17, 15) is 13.6 Å². The van der Waals surface area contributed by atoms with Crippen LogP contribution in [0, 0.1) is 18.6 Å². The van der Waals surface area contributed by atoms with Crippen molar-refractivity contribution in [1.29, 1.82) is 0 Å². The van der Waals surface area contributed by atoms with Crippen molar-refractivity contribution in [2.24, 2.45) is 0 Å². The SMILES string of the molecule is CCOc1cc(CN2CCC(NC(=O)c3cncc(C)c3)CC2)cc(OCC)c1-c1cc(F)cc(F)c1. The van der Waals surface area contributed by atoms with Gasteiger partial charge >= 0.3 is 0 Å². The molecule has 1 fully saturated rings. The molecule has 0 spiro atoms. The van der Waals surface area contributed by atoms with Crippen LogP contribution in [0.25, 0.3) is 11.1 Å². The Balaban J connectivity index is 1.47. The number of hydrogen-bond acceptors (Lipinski definition) is 5. The van der Waals surface area contributed by atoms with Crippen LogP contribution in [0.2, 0.25) is 0 Å². The fourth-order valence-corrected chi connectivity index (χ4v) is 4.70. The van der Waals surface area contributed by atoms with Gasteiger partial charge in [-0.25, -0.2) is 8.78 Å². The molecule has 1 aliphatic heterocycles. The van der Waals surface area contributed by atoms with E-state index in [0.29, 0.717) is 47.9 Å². The normalized spacial score (nSPS) is 14.4. The van der Waals surface area contributed by atoms with E-state index in [1.54, 1.807) is 12.4 Å². The molecule has 1 aromatic heterocycles. The molecule has 6 nitrogen and oxygen atoms in total. The van der Waals surface area contributed by atoms with E-state index in [1.807, 2.05) is 39.0 Å². The van der Waals surface area contributed by atoms with E-state index in [2.05, 4.69) is 15.2 Å². The molecular weight excluding hydrogens is 476 g/mol. The van der Waals surface area contributed by atoms with E-state index >= 15 is 0 Å². The molecule has 2 heterocycles. The van der Waals surface area contributed by atoms with Crippen LogP contribution in [0.15, 0.2) is 48.8 Å². The number of benzene rings is 2. The molecule has 1 aliphatic rings. The van der Waals surface area contributed by atoms with Gasteiger partial charge < -0.3 is 14.8 Å². The number of pyridine rings is 1. The lowest BCUT2D eigenvalue weighted by Gasteiger charge is -2.32. The maximum absolute atomic E-state index is 14.0. The summed E-state index contributed by atoms with van der Waals surface area (Å²) >= 11 is 0. The average Bonchev–Trinajstić information content (AvgIpc) is 2.85. The standard InChI is InChI=1S/C29H33F2N3O3/c1-4-36-26-11-20(12-27(37-5-2)28(26)21-13-23(30)15-24(31)14-21)18-34-8-6-25(7-9-34)33-29(35)22-10-19(3)16-32-17-22/h10-17,25H,4-9,18H2,1-3H3,(H,33,35). The monoisotopic (exact) mass is 509 g/mol. The zero-order valence-electron chi connectivity index (χ0n) is 21.5. The fourth-order valence-electron chi connectivity index (χ4n) is 4.70. The van der Waals surface area contributed by atoms with E-state index in [4.69, 9.17) is 9.47 Å². The molecule has 1 N–H and O–H groups in total. The Morgan fingerprint density at radius 1 is 0.973 bits per heavy atom. The number of amides is 1. The summed E-state index contributed by atoms with van der Waals surface area (Å²) in [6, 6.07) is 9.20. The van der Waals surface area contributed by atoms with Crippen LogP contribution in [0.4, 0.5) is 8.78 Å². The number of carbonyl (C=O) groups is 1. The van der Waals surface area contributed by atoms with Crippen LogP contribution in [-0.4, -0.2) is 48.1 Å². The summed E-state index contributed by atoms with van der Waals surface area (Å²) < 4.78 is 39.8. The summed E-state index contributed by atoms with van der Waals surface area (Å²) in [5.41, 5.74) is 3.43. The lowest BCUT2D eigenvalue weighted by Crippen LogP contribution is -2.44. The van der Waals surface area contributed by atoms with Crippen molar-refractivity contribution in [3.05, 3.63) is 77.1 Å². The van der Waals surface area contributed by atoms with Gasteiger partial charge in [0, 0.05) is 44.1 Å². The van der Waals surface area contributed by atoms with E-state index in [0.717, 1.165) is 43.1 Å². The maximum atomic E-state index is 14.0. The van der Waals surface area contributed by atoms with Crippen LogP contribution >= 0.6 is 0 Å². The molecule has 1 saturated heterocycles. The minimum absolute atomic E-state index is 0.0956. The minimum Gasteiger partial charge on any atom is -0.493 e. The summed E-state index contributed by atoms with van der Waals surface area (Å²) in [7, 11) is 0. The molecule has 0 aliphatic carbocycles. The number of aromatic nitrogens is 1. The third-order valence-corrected chi connectivity index (χ3v) is 6.34. The molecule has 37 heavy (non-hydrogen) atoms. The number of hydrogen-bond donors (Lipinski definition) is 1. The lowest BCUT2D eigenvalue weighted by atomic mass is 9.99. The molecule has 3 aromatic rings. The molecule has 0 atom stereocenters. The van der Waals surface area contributed by atoms with E-state index in [-0.39, 0.29) is 11.9 Å². The second-order valence-corrected chi connectivity index (χ2v) is 9.27. The molecule has 0 unspecified atom stereocenters. The van der Waals surface area contributed by atoms with E-state index < -0.39 is 11.6 Å². The minimum atomic E-state index is -0.655. The summed E-state index contributed by atoms with van der Waals surface area (Å²) in [5.74, 6) is -0.346. The Labute approximate surface area is 216 Å². The second-order valence-electron chi connectivity index (χ2n) is 9.27. The van der Waals surface area contributed by atoms with Crippen LogP contribution in [-0.2, 0) is 6.54 Å². The predicted molar refractivity (Wildman–Crippen MR) is 139 cm³/mol. The topological polar surface area (TPSA) is 63.7 Å². The van der Waals surface area contributed by atoms with Gasteiger partial charge in [-0.2, -0.15) is 0 Å². The second kappa shape index (κ2) is 12.1. The number of piperidine rings is 1. The highest BCUT2D eigenvalue weighted by atomic mass is 19.1. The largest absolute Gasteiger partial charge is 0.493 e. The van der Waals surface area contributed by atoms with Crippen molar-refractivity contribution in [1.82, 2.24) is 15.2 Å². The van der Waals surface area contributed by atoms with Crippen LogP contribution < -0.4 is 14.8 Å². The van der Waals surface area contributed by atoms with Gasteiger partial charge in [0.05, 0.1) is 24.3 Å². The van der Waals surface area contributed by atoms with Crippen molar-refractivity contribution in [3.8, 4) is 22.6 Å². The van der Waals surface area contributed by atoms with Crippen molar-refractivity contribution in [2.75, 3.05) is 26.3 Å². The first-order valence-corrected chi connectivity index (χ1v) is 12.7. The van der Waals surface area contributed by atoms with Gasteiger partial charge in [-0.1, -0.05) is 0 Å². The first-order valence-electron chi connectivity index (χ1n) is 12.7. The first kappa shape index (κ1) is 26.5. The summed E-state index contributed by atoms with van der Waals surface area (Å²) in [6.45, 7) is 8.77. The molecule has 2 aromatic carbocycles. The zero-order valence-corrected chi connectivity index (χ0v) is 21.5. The summed E-state index contributed by atoms with van der Waals surface area (Å²) in [5, 5.41) is 3.13. The molecule has 1 amide bonds. The number of nitrogens with zero attached hydrogens (tertiary/aromatic N) is 2. The number of rotatable bonds is 9. The number of nitrogens with one attached hydrogen (secondary N) is 1. The third kappa shape index (κ3) is 6.83. The highest BCUT2D eigenvalue weighted by molar-refractivity contribution is 5.94. The Kier molecular flexibility index (Phi) is 8.71. The smallest absolute Gasteiger partial charge is 0.253 e. The van der Waals surface area contributed by atoms with Gasteiger partial charge in [0.15, 0.2) is 0 Å². The molecule has 4 rings (SSSR count). The molecule has 196 valence electrons. The number of likely N-dealkylation sites (tertiary alicyclic amines) is 1. The summed E-state index contributed by atoms with van der Waals surface area (Å²) in [4.78, 5) is 19.0. The Morgan fingerprint density at radius 3 is 2.16 bits per heavy atom. The number of halogens is 2. The number of carbonyl (C=O) groups excluding carboxylic acids is 1. The van der Waals surface area contributed by atoms with Crippen molar-refractivity contribution >= 4 is 5.91 Å². The maximum Gasteiger partial charge on any atom is 0.253 e. The van der Waals surface area contributed by atoms with E-state index in [1.165, 1.54) is 12.1 Å². The lowest BCUT2D eigenvalue weighted by molar-refractivity contribution is 0.0908. The van der Waals surface area contributed by atoms with Gasteiger partial charge in [-0.15, -0.1) is 0 Å². The van der Waals surface area contributed by atoms with Crippen molar-refractivity contribution in [3.63, 3.8) is 0 Å². The average molecular weight is 510 g/mol. The van der Waals surface area contributed by atoms with Crippen molar-refractivity contribution < 1.29 is 23.0 Å². The molecule has 0 bridgehead atoms. The highest BCUT2D eigenvalue weighted by Crippen LogP contribution is 2.41. The van der Waals surface area contributed by atoms with Crippen LogP contribution in [0.5, 0.6) is 11.5 Å². The van der Waals surface area contributed by atoms with Gasteiger partial charge in [-0.3, -0.25) is 14.7 Å². The third-order valence-electron chi connectivity index (χ3n) is 6.34. The van der Waals surface area contributed by atoms with Crippen LogP contribution in [0.1, 0.15) is 48.2 Å². The molecule has 0 saturated carbocycles. The van der Waals surface area contributed by atoms with Gasteiger partial charge in [0.25, 0.3) is 5.91 Å². The Bertz CT molecular complexity index is 1200. The van der Waals surface area contributed by atoms with Gasteiger partial charge in [-0.05, 0) is 80.6 Å². The fraction of sp³-hybridized carbons (Fsp3) is 0.379. The Morgan fingerprint density at radius 2 is 1.59 bits per heavy atom. The zero-order chi connectivity index (χ0) is 26.4. The van der Waals surface area contributed by atoms with Gasteiger partial charge in [0.2, 0.25) is 0 Å². The quantitative estimate of drug-likeness (QED) is 0.411. The molecule has 0 radical (unpaired) electrons. The molecule has 8 heteroatoms. The van der Waals surface area contributed by atoms with Crippen LogP contribution in [0.3, 0.4) is 0 Å².